The van der Waals surface area contributed by atoms with Crippen molar-refractivity contribution in [1.29, 1.82) is 0 Å². The number of hydrogen-bond donors (Lipinski definition) is 2. The normalized spacial score (nSPS) is 15.6. The fraction of sp³-hybridized carbons (Fsp3) is 0.200. The van der Waals surface area contributed by atoms with E-state index < -0.39 is 0 Å². The van der Waals surface area contributed by atoms with Crippen LogP contribution in [0.25, 0.3) is 11.3 Å². The first-order valence-electron chi connectivity index (χ1n) is 8.85. The molecule has 1 aliphatic heterocycles. The highest BCUT2D eigenvalue weighted by molar-refractivity contribution is 5.89. The van der Waals surface area contributed by atoms with Gasteiger partial charge in [-0.15, -0.1) is 0 Å². The molecule has 136 valence electrons. The summed E-state index contributed by atoms with van der Waals surface area (Å²) in [4.78, 5) is 33.6. The number of nitrogens with one attached hydrogen (secondary N) is 2. The van der Waals surface area contributed by atoms with Crippen molar-refractivity contribution in [3.63, 3.8) is 0 Å². The van der Waals surface area contributed by atoms with E-state index in [0.717, 1.165) is 18.4 Å². The molecule has 0 aliphatic carbocycles. The Hall–Kier alpha value is -3.48. The smallest absolute Gasteiger partial charge is 0.319 e. The van der Waals surface area contributed by atoms with Gasteiger partial charge in [-0.1, -0.05) is 18.2 Å². The third-order valence-electron chi connectivity index (χ3n) is 4.54. The van der Waals surface area contributed by atoms with Gasteiger partial charge in [0, 0.05) is 36.3 Å². The number of carbonyl (C=O) groups excluding carboxylic acids is 1. The monoisotopic (exact) mass is 361 g/mol. The van der Waals surface area contributed by atoms with E-state index in [-0.39, 0.29) is 17.6 Å². The molecule has 4 rings (SSSR count). The van der Waals surface area contributed by atoms with Crippen LogP contribution in [0.4, 0.5) is 10.5 Å². The van der Waals surface area contributed by atoms with Crippen molar-refractivity contribution >= 4 is 11.7 Å². The van der Waals surface area contributed by atoms with Gasteiger partial charge in [0.1, 0.15) is 5.82 Å². The summed E-state index contributed by atoms with van der Waals surface area (Å²) >= 11 is 0. The number of rotatable bonds is 3. The molecular weight excluding hydrogens is 342 g/mol. The van der Waals surface area contributed by atoms with Crippen molar-refractivity contribution in [1.82, 2.24) is 19.9 Å². The van der Waals surface area contributed by atoms with Crippen molar-refractivity contribution in [3.8, 4) is 11.3 Å². The van der Waals surface area contributed by atoms with Gasteiger partial charge >= 0.3 is 6.03 Å². The van der Waals surface area contributed by atoms with E-state index in [1.54, 1.807) is 17.0 Å². The van der Waals surface area contributed by atoms with Gasteiger partial charge < -0.3 is 10.6 Å². The molecule has 2 aromatic heterocycles. The average Bonchev–Trinajstić information content (AvgIpc) is 2.70. The minimum Gasteiger partial charge on any atom is -0.328 e. The molecule has 1 atom stereocenters. The van der Waals surface area contributed by atoms with Gasteiger partial charge in [0.15, 0.2) is 0 Å². The van der Waals surface area contributed by atoms with Crippen molar-refractivity contribution in [2.45, 2.75) is 25.4 Å². The molecule has 1 unspecified atom stereocenters. The number of anilines is 1. The third-order valence-corrected chi connectivity index (χ3v) is 4.54. The predicted molar refractivity (Wildman–Crippen MR) is 102 cm³/mol. The molecule has 3 heterocycles. The number of nitrogens with zero attached hydrogens (tertiary/aromatic N) is 3. The number of hydrogen-bond acceptors (Lipinski definition) is 4. The first-order valence-corrected chi connectivity index (χ1v) is 8.85. The zero-order valence-corrected chi connectivity index (χ0v) is 14.6. The molecule has 0 bridgehead atoms. The van der Waals surface area contributed by atoms with Gasteiger partial charge in [-0.2, -0.15) is 0 Å². The van der Waals surface area contributed by atoms with Crippen LogP contribution in [0.1, 0.15) is 24.7 Å². The predicted octanol–water partition coefficient (Wildman–Crippen LogP) is 2.96. The van der Waals surface area contributed by atoms with Crippen LogP contribution in [0.2, 0.25) is 0 Å². The summed E-state index contributed by atoms with van der Waals surface area (Å²) in [6.07, 6.45) is 4.86. The number of pyridine rings is 1. The zero-order valence-electron chi connectivity index (χ0n) is 14.6. The van der Waals surface area contributed by atoms with E-state index >= 15 is 0 Å². The molecule has 1 aromatic carbocycles. The second-order valence-electron chi connectivity index (χ2n) is 6.38. The Morgan fingerprint density at radius 2 is 1.89 bits per heavy atom. The molecule has 27 heavy (non-hydrogen) atoms. The second-order valence-corrected chi connectivity index (χ2v) is 6.38. The summed E-state index contributed by atoms with van der Waals surface area (Å²) in [7, 11) is 0. The van der Waals surface area contributed by atoms with Crippen LogP contribution in [0.5, 0.6) is 0 Å². The van der Waals surface area contributed by atoms with Crippen molar-refractivity contribution < 1.29 is 4.79 Å². The van der Waals surface area contributed by atoms with Crippen LogP contribution in [-0.4, -0.2) is 20.6 Å². The number of aromatic nitrogens is 3. The minimum absolute atomic E-state index is 0.109. The van der Waals surface area contributed by atoms with E-state index in [1.165, 1.54) is 6.07 Å². The second kappa shape index (κ2) is 7.41. The standard InChI is InChI=1S/C20H19N5O2/c26-18-13-17(14-8-10-21-11-9-14)23-19-16(7-4-12-25(18)19)24-20(27)22-15-5-2-1-3-6-15/h1-3,5-6,8-11,13,16H,4,7,12H2,(H2,22,24,27). The topological polar surface area (TPSA) is 88.9 Å². The van der Waals surface area contributed by atoms with Gasteiger partial charge in [0.05, 0.1) is 11.7 Å². The van der Waals surface area contributed by atoms with E-state index in [4.69, 9.17) is 0 Å². The highest BCUT2D eigenvalue weighted by Gasteiger charge is 2.25. The Labute approximate surface area is 156 Å². The third kappa shape index (κ3) is 3.72. The molecule has 0 fully saturated rings. The summed E-state index contributed by atoms with van der Waals surface area (Å²) < 4.78 is 1.64. The maximum atomic E-state index is 12.6. The highest BCUT2D eigenvalue weighted by atomic mass is 16.2. The number of benzene rings is 1. The van der Waals surface area contributed by atoms with E-state index in [9.17, 15) is 9.59 Å². The lowest BCUT2D eigenvalue weighted by molar-refractivity contribution is 0.244. The van der Waals surface area contributed by atoms with E-state index in [1.807, 2.05) is 42.5 Å². The van der Waals surface area contributed by atoms with Crippen molar-refractivity contribution in [3.05, 3.63) is 77.1 Å². The van der Waals surface area contributed by atoms with Gasteiger partial charge in [0.2, 0.25) is 0 Å². The van der Waals surface area contributed by atoms with Gasteiger partial charge in [-0.05, 0) is 37.1 Å². The summed E-state index contributed by atoms with van der Waals surface area (Å²) in [6.45, 7) is 0.607. The van der Waals surface area contributed by atoms with Crippen LogP contribution in [0.3, 0.4) is 0 Å². The first-order chi connectivity index (χ1) is 13.2. The lowest BCUT2D eigenvalue weighted by atomic mass is 10.1. The van der Waals surface area contributed by atoms with Crippen LogP contribution >= 0.6 is 0 Å². The quantitative estimate of drug-likeness (QED) is 0.751. The van der Waals surface area contributed by atoms with Crippen molar-refractivity contribution in [2.24, 2.45) is 0 Å². The number of carbonyl (C=O) groups is 1. The zero-order chi connectivity index (χ0) is 18.6. The number of para-hydroxylation sites is 1. The Morgan fingerprint density at radius 1 is 1.11 bits per heavy atom. The first kappa shape index (κ1) is 17.0. The van der Waals surface area contributed by atoms with Gasteiger partial charge in [-0.25, -0.2) is 9.78 Å². The molecule has 0 saturated carbocycles. The Kier molecular flexibility index (Phi) is 4.65. The van der Waals surface area contributed by atoms with E-state index in [2.05, 4.69) is 20.6 Å². The molecule has 7 nitrogen and oxygen atoms in total. The lowest BCUT2D eigenvalue weighted by Gasteiger charge is -2.27. The Morgan fingerprint density at radius 3 is 2.67 bits per heavy atom. The molecule has 0 radical (unpaired) electrons. The fourth-order valence-electron chi connectivity index (χ4n) is 3.25. The maximum absolute atomic E-state index is 12.6. The number of amides is 2. The molecule has 0 spiro atoms. The molecule has 2 amide bonds. The summed E-state index contributed by atoms with van der Waals surface area (Å²) in [5, 5.41) is 5.75. The Balaban J connectivity index is 1.61. The minimum atomic E-state index is -0.322. The fourth-order valence-corrected chi connectivity index (χ4v) is 3.25. The molecule has 7 heteroatoms. The SMILES string of the molecule is O=C(Nc1ccccc1)NC1CCCn2c1nc(-c1ccncc1)cc2=O. The van der Waals surface area contributed by atoms with Gasteiger partial charge in [0.25, 0.3) is 5.56 Å². The van der Waals surface area contributed by atoms with Crippen LogP contribution in [0.15, 0.2) is 65.7 Å². The molecule has 2 N–H and O–H groups in total. The average molecular weight is 361 g/mol. The van der Waals surface area contributed by atoms with E-state index in [0.29, 0.717) is 23.8 Å². The maximum Gasteiger partial charge on any atom is 0.319 e. The van der Waals surface area contributed by atoms with Crippen LogP contribution in [-0.2, 0) is 6.54 Å². The summed E-state index contributed by atoms with van der Waals surface area (Å²) in [5.74, 6) is 0.587. The Bertz CT molecular complexity index is 1000. The number of fused-ring (bicyclic) bond motifs is 1. The molecule has 1 aliphatic rings. The lowest BCUT2D eigenvalue weighted by Crippen LogP contribution is -2.39. The molecular formula is C20H19N5O2. The molecule has 0 saturated heterocycles. The summed E-state index contributed by atoms with van der Waals surface area (Å²) in [6, 6.07) is 13.7. The largest absolute Gasteiger partial charge is 0.328 e. The summed E-state index contributed by atoms with van der Waals surface area (Å²) in [5.41, 5.74) is 2.01. The number of urea groups is 1. The highest BCUT2D eigenvalue weighted by Crippen LogP contribution is 2.24. The molecule has 3 aromatic rings. The van der Waals surface area contributed by atoms with Crippen molar-refractivity contribution in [2.75, 3.05) is 5.32 Å². The van der Waals surface area contributed by atoms with Crippen LogP contribution < -0.4 is 16.2 Å². The van der Waals surface area contributed by atoms with Gasteiger partial charge in [-0.3, -0.25) is 14.3 Å². The van der Waals surface area contributed by atoms with Crippen LogP contribution in [0, 0.1) is 0 Å².